The minimum Gasteiger partial charge on any atom is -0.324 e. The molecular formula is C12H16FN3O2. The van der Waals surface area contributed by atoms with Crippen molar-refractivity contribution in [2.24, 2.45) is 11.7 Å². The predicted octanol–water partition coefficient (Wildman–Crippen LogP) is 1.73. The highest BCUT2D eigenvalue weighted by Crippen LogP contribution is 2.30. The number of halogens is 1. The SMILES string of the molecule is N[C@@H](c1cc([N+](=O)[O-])ccc1F)C1CCNCC1. The molecule has 0 amide bonds. The van der Waals surface area contributed by atoms with Crippen LogP contribution in [0.1, 0.15) is 24.4 Å². The van der Waals surface area contributed by atoms with E-state index in [1.54, 1.807) is 0 Å². The van der Waals surface area contributed by atoms with Gasteiger partial charge in [0.25, 0.3) is 5.69 Å². The maximum atomic E-state index is 13.7. The van der Waals surface area contributed by atoms with Crippen LogP contribution in [-0.4, -0.2) is 18.0 Å². The molecule has 0 saturated carbocycles. The molecule has 1 saturated heterocycles. The molecule has 0 radical (unpaired) electrons. The number of nitro benzene ring substituents is 1. The van der Waals surface area contributed by atoms with Gasteiger partial charge < -0.3 is 11.1 Å². The second-order valence-corrected chi connectivity index (χ2v) is 4.58. The highest BCUT2D eigenvalue weighted by molar-refractivity contribution is 5.37. The van der Waals surface area contributed by atoms with Crippen molar-refractivity contribution >= 4 is 5.69 Å². The Morgan fingerprint density at radius 3 is 2.72 bits per heavy atom. The zero-order valence-electron chi connectivity index (χ0n) is 9.93. The third kappa shape index (κ3) is 2.65. The Hall–Kier alpha value is -1.53. The Morgan fingerprint density at radius 1 is 1.44 bits per heavy atom. The predicted molar refractivity (Wildman–Crippen MR) is 65.6 cm³/mol. The third-order valence-corrected chi connectivity index (χ3v) is 3.44. The number of hydrogen-bond donors (Lipinski definition) is 2. The molecule has 3 N–H and O–H groups in total. The van der Waals surface area contributed by atoms with Crippen LogP contribution in [0.5, 0.6) is 0 Å². The summed E-state index contributed by atoms with van der Waals surface area (Å²) in [7, 11) is 0. The fourth-order valence-electron chi connectivity index (χ4n) is 2.36. The lowest BCUT2D eigenvalue weighted by Gasteiger charge is -2.28. The Bertz CT molecular complexity index is 447. The van der Waals surface area contributed by atoms with Crippen LogP contribution in [0.4, 0.5) is 10.1 Å². The van der Waals surface area contributed by atoms with Crippen molar-refractivity contribution in [2.45, 2.75) is 18.9 Å². The second kappa shape index (κ2) is 5.41. The van der Waals surface area contributed by atoms with Crippen molar-refractivity contribution in [1.82, 2.24) is 5.32 Å². The van der Waals surface area contributed by atoms with E-state index < -0.39 is 16.8 Å². The van der Waals surface area contributed by atoms with E-state index in [-0.39, 0.29) is 17.2 Å². The smallest absolute Gasteiger partial charge is 0.269 e. The normalized spacial score (nSPS) is 18.6. The van der Waals surface area contributed by atoms with Gasteiger partial charge in [-0.3, -0.25) is 10.1 Å². The van der Waals surface area contributed by atoms with Gasteiger partial charge in [0.15, 0.2) is 0 Å². The molecule has 0 bridgehead atoms. The molecule has 5 nitrogen and oxygen atoms in total. The van der Waals surface area contributed by atoms with Gasteiger partial charge in [0.1, 0.15) is 5.82 Å². The standard InChI is InChI=1S/C12H16FN3O2/c13-11-2-1-9(16(17)18)7-10(11)12(14)8-3-5-15-6-4-8/h1-2,7-8,12,15H,3-6,14H2/t12-/m1/s1. The summed E-state index contributed by atoms with van der Waals surface area (Å²) in [5, 5.41) is 13.9. The molecule has 98 valence electrons. The number of rotatable bonds is 3. The number of nitrogens with zero attached hydrogens (tertiary/aromatic N) is 1. The molecule has 1 aromatic rings. The van der Waals surface area contributed by atoms with Crippen LogP contribution in [0, 0.1) is 21.8 Å². The largest absolute Gasteiger partial charge is 0.324 e. The first-order valence-corrected chi connectivity index (χ1v) is 5.99. The average Bonchev–Trinajstić information content (AvgIpc) is 2.39. The summed E-state index contributed by atoms with van der Waals surface area (Å²) < 4.78 is 13.7. The lowest BCUT2D eigenvalue weighted by atomic mass is 9.86. The number of nitrogens with two attached hydrogens (primary N) is 1. The third-order valence-electron chi connectivity index (χ3n) is 3.44. The van der Waals surface area contributed by atoms with Gasteiger partial charge in [-0.1, -0.05) is 0 Å². The highest BCUT2D eigenvalue weighted by atomic mass is 19.1. The van der Waals surface area contributed by atoms with Crippen LogP contribution in [0.2, 0.25) is 0 Å². The summed E-state index contributed by atoms with van der Waals surface area (Å²) in [6, 6.07) is 3.05. The van der Waals surface area contributed by atoms with Crippen LogP contribution in [0.25, 0.3) is 0 Å². The molecule has 1 aliphatic rings. The van der Waals surface area contributed by atoms with E-state index in [0.29, 0.717) is 0 Å². The number of non-ortho nitro benzene ring substituents is 1. The fourth-order valence-corrected chi connectivity index (χ4v) is 2.36. The molecule has 1 atom stereocenters. The molecule has 0 spiro atoms. The molecular weight excluding hydrogens is 237 g/mol. The fraction of sp³-hybridized carbons (Fsp3) is 0.500. The Balaban J connectivity index is 2.25. The van der Waals surface area contributed by atoms with Gasteiger partial charge in [0, 0.05) is 23.7 Å². The van der Waals surface area contributed by atoms with Gasteiger partial charge >= 0.3 is 0 Å². The summed E-state index contributed by atoms with van der Waals surface area (Å²) in [6.45, 7) is 1.71. The molecule has 0 unspecified atom stereocenters. The molecule has 6 heteroatoms. The summed E-state index contributed by atoms with van der Waals surface area (Å²) in [5.41, 5.74) is 6.18. The summed E-state index contributed by atoms with van der Waals surface area (Å²) >= 11 is 0. The Labute approximate surface area is 104 Å². The maximum Gasteiger partial charge on any atom is 0.269 e. The summed E-state index contributed by atoms with van der Waals surface area (Å²) in [4.78, 5) is 10.2. The van der Waals surface area contributed by atoms with Gasteiger partial charge in [0.2, 0.25) is 0 Å². The lowest BCUT2D eigenvalue weighted by Crippen LogP contribution is -2.34. The van der Waals surface area contributed by atoms with Crippen LogP contribution in [-0.2, 0) is 0 Å². The summed E-state index contributed by atoms with van der Waals surface area (Å²) in [6.07, 6.45) is 1.73. The zero-order chi connectivity index (χ0) is 13.1. The van der Waals surface area contributed by atoms with E-state index in [4.69, 9.17) is 5.73 Å². The van der Waals surface area contributed by atoms with Crippen LogP contribution in [0.3, 0.4) is 0 Å². The van der Waals surface area contributed by atoms with Gasteiger partial charge in [-0.2, -0.15) is 0 Å². The van der Waals surface area contributed by atoms with Crippen molar-refractivity contribution in [3.05, 3.63) is 39.7 Å². The van der Waals surface area contributed by atoms with E-state index in [0.717, 1.165) is 38.1 Å². The number of hydrogen-bond acceptors (Lipinski definition) is 4. The maximum absolute atomic E-state index is 13.7. The van der Waals surface area contributed by atoms with Crippen molar-refractivity contribution in [1.29, 1.82) is 0 Å². The molecule has 1 fully saturated rings. The number of benzene rings is 1. The van der Waals surface area contributed by atoms with Gasteiger partial charge in [-0.05, 0) is 37.9 Å². The van der Waals surface area contributed by atoms with Crippen LogP contribution >= 0.6 is 0 Å². The van der Waals surface area contributed by atoms with Gasteiger partial charge in [-0.15, -0.1) is 0 Å². The summed E-state index contributed by atoms with van der Waals surface area (Å²) in [5.74, 6) is -0.297. The second-order valence-electron chi connectivity index (χ2n) is 4.58. The monoisotopic (exact) mass is 253 g/mol. The Kier molecular flexibility index (Phi) is 3.88. The highest BCUT2D eigenvalue weighted by Gasteiger charge is 2.25. The van der Waals surface area contributed by atoms with Crippen LogP contribution in [0.15, 0.2) is 18.2 Å². The number of piperidine rings is 1. The molecule has 18 heavy (non-hydrogen) atoms. The minimum atomic E-state index is -0.530. The van der Waals surface area contributed by atoms with Crippen molar-refractivity contribution in [3.63, 3.8) is 0 Å². The van der Waals surface area contributed by atoms with E-state index in [9.17, 15) is 14.5 Å². The molecule has 0 aromatic heterocycles. The van der Waals surface area contributed by atoms with E-state index in [2.05, 4.69) is 5.32 Å². The Morgan fingerprint density at radius 2 is 2.11 bits per heavy atom. The molecule has 0 aliphatic carbocycles. The minimum absolute atomic E-state index is 0.115. The molecule has 1 aliphatic heterocycles. The van der Waals surface area contributed by atoms with Gasteiger partial charge in [-0.25, -0.2) is 4.39 Å². The van der Waals surface area contributed by atoms with Gasteiger partial charge in [0.05, 0.1) is 4.92 Å². The molecule has 2 rings (SSSR count). The lowest BCUT2D eigenvalue weighted by molar-refractivity contribution is -0.385. The molecule has 1 heterocycles. The first kappa shape index (κ1) is 12.9. The molecule has 1 aromatic carbocycles. The average molecular weight is 253 g/mol. The van der Waals surface area contributed by atoms with E-state index >= 15 is 0 Å². The van der Waals surface area contributed by atoms with E-state index in [1.165, 1.54) is 6.07 Å². The quantitative estimate of drug-likeness (QED) is 0.635. The zero-order valence-corrected chi connectivity index (χ0v) is 9.93. The first-order valence-electron chi connectivity index (χ1n) is 5.99. The topological polar surface area (TPSA) is 81.2 Å². The van der Waals surface area contributed by atoms with Crippen molar-refractivity contribution in [3.8, 4) is 0 Å². The number of nitrogens with one attached hydrogen (secondary N) is 1. The first-order chi connectivity index (χ1) is 8.59. The van der Waals surface area contributed by atoms with Crippen molar-refractivity contribution < 1.29 is 9.31 Å². The van der Waals surface area contributed by atoms with E-state index in [1.807, 2.05) is 0 Å². The van der Waals surface area contributed by atoms with Crippen LogP contribution < -0.4 is 11.1 Å². The van der Waals surface area contributed by atoms with Crippen molar-refractivity contribution in [2.75, 3.05) is 13.1 Å². The number of nitro groups is 1.